The predicted octanol–water partition coefficient (Wildman–Crippen LogP) is 1.67. The Labute approximate surface area is 100 Å². The zero-order chi connectivity index (χ0) is 11.8. The Hall–Kier alpha value is -1.65. The van der Waals surface area contributed by atoms with Gasteiger partial charge in [0.25, 0.3) is 5.78 Å². The Morgan fingerprint density at radius 3 is 2.82 bits per heavy atom. The van der Waals surface area contributed by atoms with Crippen LogP contribution in [0.3, 0.4) is 0 Å². The summed E-state index contributed by atoms with van der Waals surface area (Å²) in [5, 5.41) is 4.26. The lowest BCUT2D eigenvalue weighted by atomic mass is 9.99. The van der Waals surface area contributed by atoms with Crippen molar-refractivity contribution in [2.45, 2.75) is 26.7 Å². The lowest BCUT2D eigenvalue weighted by molar-refractivity contribution is 0.435. The minimum Gasteiger partial charge on any atom is -0.356 e. The van der Waals surface area contributed by atoms with Crippen molar-refractivity contribution in [2.75, 3.05) is 18.0 Å². The molecule has 3 rings (SSSR count). The van der Waals surface area contributed by atoms with E-state index in [0.717, 1.165) is 30.5 Å². The number of piperidine rings is 1. The maximum absolute atomic E-state index is 4.37. The summed E-state index contributed by atoms with van der Waals surface area (Å²) in [6, 6.07) is 2.09. The molecule has 0 aliphatic carbocycles. The van der Waals surface area contributed by atoms with Crippen molar-refractivity contribution >= 4 is 11.6 Å². The molecule has 0 amide bonds. The van der Waals surface area contributed by atoms with Crippen LogP contribution in [0.1, 0.15) is 25.5 Å². The minimum absolute atomic E-state index is 0.693. The van der Waals surface area contributed by atoms with Crippen LogP contribution in [0.4, 0.5) is 5.82 Å². The molecule has 3 heterocycles. The molecule has 1 aliphatic rings. The Morgan fingerprint density at radius 1 is 1.29 bits per heavy atom. The maximum atomic E-state index is 4.37. The van der Waals surface area contributed by atoms with E-state index in [1.807, 2.05) is 11.4 Å². The smallest absolute Gasteiger partial charge is 0.254 e. The standard InChI is InChI=1S/C12H17N5/c1-9-3-5-16(6-4-9)11-7-10(2)15-12-13-8-14-17(11)12/h7-9H,3-6H2,1-2H3. The average Bonchev–Trinajstić information content (AvgIpc) is 2.77. The lowest BCUT2D eigenvalue weighted by Crippen LogP contribution is -2.34. The van der Waals surface area contributed by atoms with E-state index in [1.54, 1.807) is 6.33 Å². The first kappa shape index (κ1) is 10.5. The van der Waals surface area contributed by atoms with Crippen molar-refractivity contribution in [3.8, 4) is 0 Å². The molecule has 90 valence electrons. The largest absolute Gasteiger partial charge is 0.356 e. The van der Waals surface area contributed by atoms with Gasteiger partial charge in [-0.15, -0.1) is 0 Å². The van der Waals surface area contributed by atoms with Gasteiger partial charge in [0.05, 0.1) is 0 Å². The quantitative estimate of drug-likeness (QED) is 0.749. The van der Waals surface area contributed by atoms with Crippen LogP contribution < -0.4 is 4.90 Å². The molecular formula is C12H17N5. The van der Waals surface area contributed by atoms with Crippen LogP contribution in [-0.2, 0) is 0 Å². The van der Waals surface area contributed by atoms with Gasteiger partial charge in [-0.3, -0.25) is 0 Å². The summed E-state index contributed by atoms with van der Waals surface area (Å²) < 4.78 is 1.84. The second-order valence-electron chi connectivity index (χ2n) is 4.90. The molecule has 0 saturated carbocycles. The van der Waals surface area contributed by atoms with Gasteiger partial charge < -0.3 is 4.90 Å². The molecule has 5 heteroatoms. The summed E-state index contributed by atoms with van der Waals surface area (Å²) in [5.41, 5.74) is 0.999. The molecule has 0 N–H and O–H groups in total. The summed E-state index contributed by atoms with van der Waals surface area (Å²) in [6.07, 6.45) is 4.06. The van der Waals surface area contributed by atoms with Gasteiger partial charge in [-0.05, 0) is 25.7 Å². The molecule has 0 radical (unpaired) electrons. The van der Waals surface area contributed by atoms with Crippen LogP contribution in [0.2, 0.25) is 0 Å². The van der Waals surface area contributed by atoms with Crippen LogP contribution in [0.25, 0.3) is 5.78 Å². The second kappa shape index (κ2) is 3.98. The molecule has 0 bridgehead atoms. The number of hydrogen-bond acceptors (Lipinski definition) is 4. The van der Waals surface area contributed by atoms with Gasteiger partial charge in [-0.1, -0.05) is 6.92 Å². The number of hydrogen-bond donors (Lipinski definition) is 0. The zero-order valence-electron chi connectivity index (χ0n) is 10.3. The first-order valence-electron chi connectivity index (χ1n) is 6.16. The van der Waals surface area contributed by atoms with Crippen LogP contribution in [0.5, 0.6) is 0 Å². The molecule has 0 atom stereocenters. The van der Waals surface area contributed by atoms with E-state index < -0.39 is 0 Å². The highest BCUT2D eigenvalue weighted by atomic mass is 15.4. The zero-order valence-corrected chi connectivity index (χ0v) is 10.3. The van der Waals surface area contributed by atoms with Gasteiger partial charge in [0.2, 0.25) is 0 Å². The number of aryl methyl sites for hydroxylation is 1. The van der Waals surface area contributed by atoms with E-state index in [9.17, 15) is 0 Å². The fourth-order valence-corrected chi connectivity index (χ4v) is 2.37. The van der Waals surface area contributed by atoms with E-state index in [0.29, 0.717) is 5.78 Å². The summed E-state index contributed by atoms with van der Waals surface area (Å²) >= 11 is 0. The Balaban J connectivity index is 2.01. The van der Waals surface area contributed by atoms with E-state index in [4.69, 9.17) is 0 Å². The molecule has 0 spiro atoms. The van der Waals surface area contributed by atoms with Crippen molar-refractivity contribution in [2.24, 2.45) is 5.92 Å². The molecule has 1 fully saturated rings. The fraction of sp³-hybridized carbons (Fsp3) is 0.583. The van der Waals surface area contributed by atoms with E-state index in [1.165, 1.54) is 12.8 Å². The SMILES string of the molecule is Cc1cc(N2CCC(C)CC2)n2ncnc2n1. The van der Waals surface area contributed by atoms with Gasteiger partial charge in [0.15, 0.2) is 0 Å². The van der Waals surface area contributed by atoms with Gasteiger partial charge >= 0.3 is 0 Å². The molecule has 2 aromatic rings. The summed E-state index contributed by atoms with van der Waals surface area (Å²) in [5.74, 6) is 2.65. The minimum atomic E-state index is 0.693. The lowest BCUT2D eigenvalue weighted by Gasteiger charge is -2.31. The molecule has 0 aromatic carbocycles. The molecular weight excluding hydrogens is 214 g/mol. The van der Waals surface area contributed by atoms with Crippen molar-refractivity contribution in [3.63, 3.8) is 0 Å². The van der Waals surface area contributed by atoms with Crippen molar-refractivity contribution in [1.82, 2.24) is 19.6 Å². The van der Waals surface area contributed by atoms with Crippen molar-refractivity contribution in [3.05, 3.63) is 18.1 Å². The highest BCUT2D eigenvalue weighted by Crippen LogP contribution is 2.23. The summed E-state index contributed by atoms with van der Waals surface area (Å²) in [7, 11) is 0. The number of nitrogens with zero attached hydrogens (tertiary/aromatic N) is 5. The van der Waals surface area contributed by atoms with Crippen LogP contribution >= 0.6 is 0 Å². The first-order valence-corrected chi connectivity index (χ1v) is 6.16. The molecule has 0 unspecified atom stereocenters. The third kappa shape index (κ3) is 1.85. The van der Waals surface area contributed by atoms with Gasteiger partial charge in [-0.2, -0.15) is 14.6 Å². The number of rotatable bonds is 1. The predicted molar refractivity (Wildman–Crippen MR) is 66.1 cm³/mol. The van der Waals surface area contributed by atoms with Crippen molar-refractivity contribution < 1.29 is 0 Å². The number of fused-ring (bicyclic) bond motifs is 1. The average molecular weight is 231 g/mol. The molecule has 5 nitrogen and oxygen atoms in total. The van der Waals surface area contributed by atoms with Gasteiger partial charge in [0, 0.05) is 24.8 Å². The molecule has 1 aliphatic heterocycles. The molecule has 2 aromatic heterocycles. The maximum Gasteiger partial charge on any atom is 0.254 e. The highest BCUT2D eigenvalue weighted by Gasteiger charge is 2.19. The highest BCUT2D eigenvalue weighted by molar-refractivity contribution is 5.47. The number of aromatic nitrogens is 4. The summed E-state index contributed by atoms with van der Waals surface area (Å²) in [6.45, 7) is 6.52. The Bertz CT molecular complexity index is 525. The van der Waals surface area contributed by atoms with Crippen molar-refractivity contribution in [1.29, 1.82) is 0 Å². The van der Waals surface area contributed by atoms with Crippen LogP contribution in [-0.4, -0.2) is 32.7 Å². The van der Waals surface area contributed by atoms with Gasteiger partial charge in [-0.25, -0.2) is 4.98 Å². The molecule has 17 heavy (non-hydrogen) atoms. The second-order valence-corrected chi connectivity index (χ2v) is 4.90. The van der Waals surface area contributed by atoms with Crippen LogP contribution in [0, 0.1) is 12.8 Å². The topological polar surface area (TPSA) is 46.3 Å². The Kier molecular flexibility index (Phi) is 2.46. The third-order valence-corrected chi connectivity index (χ3v) is 3.47. The fourth-order valence-electron chi connectivity index (χ4n) is 2.37. The number of anilines is 1. The van der Waals surface area contributed by atoms with Gasteiger partial charge in [0.1, 0.15) is 12.1 Å². The first-order chi connectivity index (χ1) is 8.24. The normalized spacial score (nSPS) is 17.9. The van der Waals surface area contributed by atoms with E-state index in [-0.39, 0.29) is 0 Å². The third-order valence-electron chi connectivity index (χ3n) is 3.47. The Morgan fingerprint density at radius 2 is 2.06 bits per heavy atom. The van der Waals surface area contributed by atoms with Crippen LogP contribution in [0.15, 0.2) is 12.4 Å². The van der Waals surface area contributed by atoms with E-state index in [2.05, 4.69) is 33.0 Å². The monoisotopic (exact) mass is 231 g/mol. The summed E-state index contributed by atoms with van der Waals surface area (Å²) in [4.78, 5) is 10.9. The van der Waals surface area contributed by atoms with E-state index >= 15 is 0 Å². The molecule has 1 saturated heterocycles.